The molecule has 1 aliphatic rings. The molecular formula is C24H28N2O4. The highest BCUT2D eigenvalue weighted by atomic mass is 16.5. The zero-order chi connectivity index (χ0) is 21.7. The third-order valence-corrected chi connectivity index (χ3v) is 5.51. The summed E-state index contributed by atoms with van der Waals surface area (Å²) in [4.78, 5) is 29.9. The summed E-state index contributed by atoms with van der Waals surface area (Å²) in [5.41, 5.74) is 4.55. The van der Waals surface area contributed by atoms with Crippen molar-refractivity contribution < 1.29 is 19.1 Å². The molecular weight excluding hydrogens is 380 g/mol. The minimum Gasteiger partial charge on any atom is -0.469 e. The summed E-state index contributed by atoms with van der Waals surface area (Å²) in [6.45, 7) is 4.02. The number of carbonyl (C=O) groups excluding carboxylic acids is 2. The highest BCUT2D eigenvalue weighted by molar-refractivity contribution is 6.05. The van der Waals surface area contributed by atoms with Gasteiger partial charge in [-0.2, -0.15) is 0 Å². The van der Waals surface area contributed by atoms with Crippen LogP contribution in [-0.2, 0) is 19.1 Å². The Balaban J connectivity index is 1.93. The molecule has 0 aromatic heterocycles. The van der Waals surface area contributed by atoms with E-state index in [1.54, 1.807) is 0 Å². The van der Waals surface area contributed by atoms with E-state index in [0.717, 1.165) is 22.5 Å². The Morgan fingerprint density at radius 2 is 1.47 bits per heavy atom. The largest absolute Gasteiger partial charge is 0.469 e. The molecule has 6 nitrogen and oxygen atoms in total. The van der Waals surface area contributed by atoms with Crippen molar-refractivity contribution >= 4 is 29.0 Å². The lowest BCUT2D eigenvalue weighted by molar-refractivity contribution is -0.148. The maximum absolute atomic E-state index is 12.6. The summed E-state index contributed by atoms with van der Waals surface area (Å²) < 4.78 is 10.1. The van der Waals surface area contributed by atoms with E-state index in [1.165, 1.54) is 14.2 Å². The summed E-state index contributed by atoms with van der Waals surface area (Å²) in [5, 5.41) is 3.41. The fraction of sp³-hybridized carbons (Fsp3) is 0.375. The second-order valence-electron chi connectivity index (χ2n) is 7.70. The van der Waals surface area contributed by atoms with Gasteiger partial charge in [0.05, 0.1) is 31.7 Å². The highest BCUT2D eigenvalue weighted by Gasteiger charge is 2.42. The molecule has 1 saturated carbocycles. The maximum atomic E-state index is 12.6. The molecule has 0 radical (unpaired) electrons. The Labute approximate surface area is 177 Å². The van der Waals surface area contributed by atoms with Gasteiger partial charge < -0.3 is 14.8 Å². The van der Waals surface area contributed by atoms with Crippen LogP contribution in [0.1, 0.15) is 24.0 Å². The molecule has 1 fully saturated rings. The molecule has 0 saturated heterocycles. The van der Waals surface area contributed by atoms with Crippen LogP contribution in [0.4, 0.5) is 11.4 Å². The molecule has 0 heterocycles. The molecule has 2 aromatic carbocycles. The van der Waals surface area contributed by atoms with E-state index < -0.39 is 11.8 Å². The molecule has 0 amide bonds. The van der Waals surface area contributed by atoms with Gasteiger partial charge >= 0.3 is 11.9 Å². The second-order valence-corrected chi connectivity index (χ2v) is 7.70. The van der Waals surface area contributed by atoms with Gasteiger partial charge in [-0.05, 0) is 44.5 Å². The lowest BCUT2D eigenvalue weighted by Gasteiger charge is -2.35. The van der Waals surface area contributed by atoms with Crippen molar-refractivity contribution in [1.82, 2.24) is 0 Å². The summed E-state index contributed by atoms with van der Waals surface area (Å²) in [6.07, 6.45) is 0.717. The summed E-state index contributed by atoms with van der Waals surface area (Å²) in [5.74, 6) is -1.65. The molecule has 3 atom stereocenters. The number of aryl methyl sites for hydroxylation is 2. The van der Waals surface area contributed by atoms with Crippen LogP contribution in [0, 0.1) is 25.7 Å². The number of ether oxygens (including phenoxy) is 2. The number of esters is 2. The van der Waals surface area contributed by atoms with Gasteiger partial charge in [-0.1, -0.05) is 35.4 Å². The minimum absolute atomic E-state index is 0.277. The van der Waals surface area contributed by atoms with Gasteiger partial charge in [0.15, 0.2) is 0 Å². The molecule has 6 heteroatoms. The first kappa shape index (κ1) is 21.6. The first-order valence-electron chi connectivity index (χ1n) is 10.0. The maximum Gasteiger partial charge on any atom is 0.314 e. The minimum atomic E-state index is -0.528. The predicted molar refractivity (Wildman–Crippen MR) is 117 cm³/mol. The number of hydrogen-bond donors (Lipinski definition) is 1. The van der Waals surface area contributed by atoms with Gasteiger partial charge in [0.25, 0.3) is 0 Å². The van der Waals surface area contributed by atoms with Gasteiger partial charge in [0.2, 0.25) is 0 Å². The van der Waals surface area contributed by atoms with E-state index in [4.69, 9.17) is 14.5 Å². The number of rotatable bonds is 5. The summed E-state index contributed by atoms with van der Waals surface area (Å²) >= 11 is 0. The zero-order valence-corrected chi connectivity index (χ0v) is 17.8. The molecule has 1 aliphatic carbocycles. The Bertz CT molecular complexity index is 919. The molecule has 0 spiro atoms. The smallest absolute Gasteiger partial charge is 0.314 e. The van der Waals surface area contributed by atoms with Gasteiger partial charge in [-0.3, -0.25) is 14.6 Å². The quantitative estimate of drug-likeness (QED) is 0.749. The first-order valence-corrected chi connectivity index (χ1v) is 10.0. The van der Waals surface area contributed by atoms with Crippen molar-refractivity contribution in [3.05, 3.63) is 59.7 Å². The third-order valence-electron chi connectivity index (χ3n) is 5.51. The number of nitrogens with zero attached hydrogens (tertiary/aromatic N) is 1. The molecule has 1 N–H and O–H groups in total. The normalized spacial score (nSPS) is 22.4. The van der Waals surface area contributed by atoms with Crippen LogP contribution >= 0.6 is 0 Å². The number of benzene rings is 2. The van der Waals surface area contributed by atoms with Crippen LogP contribution < -0.4 is 5.32 Å². The average Bonchev–Trinajstić information content (AvgIpc) is 2.76. The van der Waals surface area contributed by atoms with Crippen LogP contribution in [0.15, 0.2) is 53.5 Å². The number of methoxy groups -OCH3 is 2. The molecule has 2 aromatic rings. The molecule has 30 heavy (non-hydrogen) atoms. The Hall–Kier alpha value is -3.15. The predicted octanol–water partition coefficient (Wildman–Crippen LogP) is 4.23. The van der Waals surface area contributed by atoms with Crippen molar-refractivity contribution in [2.75, 3.05) is 19.5 Å². The fourth-order valence-electron chi connectivity index (χ4n) is 3.77. The Kier molecular flexibility index (Phi) is 6.87. The zero-order valence-electron chi connectivity index (χ0n) is 17.8. The summed E-state index contributed by atoms with van der Waals surface area (Å²) in [7, 11) is 2.76. The topological polar surface area (TPSA) is 77.0 Å². The van der Waals surface area contributed by atoms with Gasteiger partial charge in [-0.15, -0.1) is 0 Å². The van der Waals surface area contributed by atoms with E-state index in [9.17, 15) is 9.59 Å². The lowest BCUT2D eigenvalue weighted by Crippen LogP contribution is -2.46. The highest BCUT2D eigenvalue weighted by Crippen LogP contribution is 2.33. The van der Waals surface area contributed by atoms with Crippen LogP contribution in [0.25, 0.3) is 0 Å². The molecule has 3 rings (SSSR count). The van der Waals surface area contributed by atoms with E-state index >= 15 is 0 Å². The van der Waals surface area contributed by atoms with Gasteiger partial charge in [-0.25, -0.2) is 0 Å². The van der Waals surface area contributed by atoms with Crippen LogP contribution in [0.5, 0.6) is 0 Å². The first-order chi connectivity index (χ1) is 14.4. The second kappa shape index (κ2) is 9.57. The van der Waals surface area contributed by atoms with Crippen LogP contribution in [0.3, 0.4) is 0 Å². The third kappa shape index (κ3) is 5.06. The fourth-order valence-corrected chi connectivity index (χ4v) is 3.77. The SMILES string of the molecule is COC(=O)C1CC(Nc2ccc(C)cc2)C(C(=O)OC)CC1=Nc1ccc(C)cc1. The lowest BCUT2D eigenvalue weighted by atomic mass is 9.76. The number of hydrogen-bond acceptors (Lipinski definition) is 6. The monoisotopic (exact) mass is 408 g/mol. The number of carbonyl (C=O) groups is 2. The molecule has 0 bridgehead atoms. The summed E-state index contributed by atoms with van der Waals surface area (Å²) in [6, 6.07) is 15.4. The molecule has 0 aliphatic heterocycles. The van der Waals surface area contributed by atoms with Crippen LogP contribution in [0.2, 0.25) is 0 Å². The van der Waals surface area contributed by atoms with E-state index in [0.29, 0.717) is 18.6 Å². The van der Waals surface area contributed by atoms with Crippen molar-refractivity contribution in [2.45, 2.75) is 32.7 Å². The Morgan fingerprint density at radius 3 is 2.03 bits per heavy atom. The van der Waals surface area contributed by atoms with Gasteiger partial charge in [0, 0.05) is 23.9 Å². The number of anilines is 1. The number of nitrogens with one attached hydrogen (secondary N) is 1. The molecule has 158 valence electrons. The van der Waals surface area contributed by atoms with E-state index in [1.807, 2.05) is 62.4 Å². The van der Waals surface area contributed by atoms with Crippen LogP contribution in [-0.4, -0.2) is 37.9 Å². The van der Waals surface area contributed by atoms with Crippen molar-refractivity contribution in [3.63, 3.8) is 0 Å². The van der Waals surface area contributed by atoms with E-state index in [-0.39, 0.29) is 18.0 Å². The van der Waals surface area contributed by atoms with Crippen molar-refractivity contribution in [1.29, 1.82) is 0 Å². The van der Waals surface area contributed by atoms with Crippen molar-refractivity contribution in [2.24, 2.45) is 16.8 Å². The van der Waals surface area contributed by atoms with Crippen molar-refractivity contribution in [3.8, 4) is 0 Å². The number of aliphatic imine (C=N–C) groups is 1. The Morgan fingerprint density at radius 1 is 0.900 bits per heavy atom. The van der Waals surface area contributed by atoms with Gasteiger partial charge in [0.1, 0.15) is 0 Å². The molecule has 3 unspecified atom stereocenters. The van der Waals surface area contributed by atoms with E-state index in [2.05, 4.69) is 5.32 Å². The average molecular weight is 408 g/mol. The standard InChI is InChI=1S/C24H28N2O4/c1-15-5-9-17(10-6-15)25-21-13-20(24(28)30-4)22(14-19(21)23(27)29-3)26-18-11-7-16(2)8-12-18/h5-12,19-21,25H,13-14H2,1-4H3.